The average molecular weight is 232 g/mol. The number of carbonyl (C=O) groups is 1. The predicted molar refractivity (Wildman–Crippen MR) is 55.8 cm³/mol. The highest BCUT2D eigenvalue weighted by Gasteiger charge is 2.01. The van der Waals surface area contributed by atoms with Gasteiger partial charge < -0.3 is 4.74 Å². The molecule has 0 fully saturated rings. The largest absolute Gasteiger partial charge is 0.469 e. The van der Waals surface area contributed by atoms with Gasteiger partial charge in [-0.25, -0.2) is 0 Å². The third-order valence-corrected chi connectivity index (χ3v) is 1.58. The van der Waals surface area contributed by atoms with E-state index in [0.717, 1.165) is 0 Å². The van der Waals surface area contributed by atoms with E-state index in [1.807, 2.05) is 0 Å². The normalized spacial score (nSPS) is 8.47. The highest BCUT2D eigenvalue weighted by molar-refractivity contribution is 6.30. The monoisotopic (exact) mass is 231 g/mol. The number of non-ortho nitro benzene ring substituents is 1. The van der Waals surface area contributed by atoms with E-state index < -0.39 is 4.92 Å². The number of ether oxygens (including phenoxy) is 1. The Morgan fingerprint density at radius 3 is 2.07 bits per heavy atom. The topological polar surface area (TPSA) is 69.4 Å². The summed E-state index contributed by atoms with van der Waals surface area (Å²) in [5.41, 5.74) is 0.0596. The summed E-state index contributed by atoms with van der Waals surface area (Å²) in [4.78, 5) is 19.2. The molecule has 0 saturated carbocycles. The first kappa shape index (κ1) is 13.4. The average Bonchev–Trinajstić information content (AvgIpc) is 2.19. The second-order valence-electron chi connectivity index (χ2n) is 2.43. The number of nitrogens with zero attached hydrogens (tertiary/aromatic N) is 1. The van der Waals surface area contributed by atoms with Crippen LogP contribution in [0.2, 0.25) is 5.02 Å². The van der Waals surface area contributed by atoms with Gasteiger partial charge >= 0.3 is 5.97 Å². The van der Waals surface area contributed by atoms with Crippen molar-refractivity contribution in [1.29, 1.82) is 0 Å². The summed E-state index contributed by atoms with van der Waals surface area (Å²) in [6.45, 7) is 1.36. The molecule has 0 aliphatic rings. The highest BCUT2D eigenvalue weighted by Crippen LogP contribution is 2.14. The van der Waals surface area contributed by atoms with Crippen molar-refractivity contribution in [2.45, 2.75) is 6.92 Å². The van der Waals surface area contributed by atoms with Gasteiger partial charge in [0.1, 0.15) is 0 Å². The fraction of sp³-hybridized carbons (Fsp3) is 0.222. The number of carbonyl (C=O) groups excluding carboxylic acids is 1. The number of nitro benzene ring substituents is 1. The Labute approximate surface area is 91.8 Å². The molecule has 0 bridgehead atoms. The quantitative estimate of drug-likeness (QED) is 0.423. The van der Waals surface area contributed by atoms with E-state index in [1.54, 1.807) is 0 Å². The Hall–Kier alpha value is -1.62. The molecule has 15 heavy (non-hydrogen) atoms. The summed E-state index contributed by atoms with van der Waals surface area (Å²) >= 11 is 5.49. The van der Waals surface area contributed by atoms with Crippen molar-refractivity contribution >= 4 is 23.3 Å². The van der Waals surface area contributed by atoms with E-state index in [-0.39, 0.29) is 11.7 Å². The van der Waals surface area contributed by atoms with Gasteiger partial charge in [-0.1, -0.05) is 11.6 Å². The molecule has 1 aromatic rings. The van der Waals surface area contributed by atoms with E-state index in [4.69, 9.17) is 11.6 Å². The van der Waals surface area contributed by atoms with E-state index in [0.29, 0.717) is 5.02 Å². The van der Waals surface area contributed by atoms with E-state index in [9.17, 15) is 14.9 Å². The third-order valence-electron chi connectivity index (χ3n) is 1.32. The SMILES string of the molecule is COC(C)=O.O=[N+]([O-])c1ccc(Cl)cc1. The van der Waals surface area contributed by atoms with Crippen LogP contribution in [0.1, 0.15) is 6.92 Å². The summed E-state index contributed by atoms with van der Waals surface area (Å²) in [6, 6.07) is 5.70. The second kappa shape index (κ2) is 6.78. The number of benzene rings is 1. The number of nitro groups is 1. The molecule has 0 heterocycles. The number of hydrogen-bond donors (Lipinski definition) is 0. The first-order chi connectivity index (χ1) is 6.97. The minimum Gasteiger partial charge on any atom is -0.469 e. The van der Waals surface area contributed by atoms with Crippen LogP contribution < -0.4 is 0 Å². The molecule has 0 N–H and O–H groups in total. The third kappa shape index (κ3) is 6.45. The van der Waals surface area contributed by atoms with Crippen LogP contribution >= 0.6 is 11.6 Å². The highest BCUT2D eigenvalue weighted by atomic mass is 35.5. The zero-order chi connectivity index (χ0) is 11.8. The minimum atomic E-state index is -0.462. The predicted octanol–water partition coefficient (Wildman–Crippen LogP) is 2.43. The van der Waals surface area contributed by atoms with Crippen molar-refractivity contribution in [2.75, 3.05) is 7.11 Å². The van der Waals surface area contributed by atoms with Crippen LogP contribution in [-0.4, -0.2) is 18.0 Å². The summed E-state index contributed by atoms with van der Waals surface area (Å²) < 4.78 is 4.11. The Balaban J connectivity index is 0.000000336. The molecule has 0 amide bonds. The molecule has 0 spiro atoms. The molecule has 82 valence electrons. The smallest absolute Gasteiger partial charge is 0.302 e. The van der Waals surface area contributed by atoms with E-state index >= 15 is 0 Å². The Bertz CT molecular complexity index is 336. The number of halogens is 1. The Morgan fingerprint density at radius 2 is 1.80 bits per heavy atom. The fourth-order valence-corrected chi connectivity index (χ4v) is 0.689. The molecule has 0 aromatic heterocycles. The molecule has 1 aromatic carbocycles. The zero-order valence-electron chi connectivity index (χ0n) is 8.27. The van der Waals surface area contributed by atoms with Gasteiger partial charge in [0.25, 0.3) is 5.69 Å². The summed E-state index contributed by atoms with van der Waals surface area (Å²) in [6.07, 6.45) is 0. The molecule has 0 radical (unpaired) electrons. The van der Waals surface area contributed by atoms with E-state index in [2.05, 4.69) is 4.74 Å². The summed E-state index contributed by atoms with van der Waals surface area (Å²) in [7, 11) is 1.35. The van der Waals surface area contributed by atoms with Crippen molar-refractivity contribution in [1.82, 2.24) is 0 Å². The summed E-state index contributed by atoms with van der Waals surface area (Å²) in [5.74, 6) is -0.245. The molecular formula is C9H10ClNO4. The molecule has 6 heteroatoms. The van der Waals surface area contributed by atoms with Gasteiger partial charge in [-0.15, -0.1) is 0 Å². The molecule has 0 saturated heterocycles. The van der Waals surface area contributed by atoms with Crippen LogP contribution in [0.25, 0.3) is 0 Å². The molecule has 0 unspecified atom stereocenters. The van der Waals surface area contributed by atoms with Crippen LogP contribution in [0.5, 0.6) is 0 Å². The Morgan fingerprint density at radius 1 is 1.40 bits per heavy atom. The van der Waals surface area contributed by atoms with Crippen LogP contribution in [0.15, 0.2) is 24.3 Å². The van der Waals surface area contributed by atoms with Gasteiger partial charge in [0.15, 0.2) is 0 Å². The lowest BCUT2D eigenvalue weighted by atomic mass is 10.3. The zero-order valence-corrected chi connectivity index (χ0v) is 9.02. The van der Waals surface area contributed by atoms with Crippen LogP contribution in [0.4, 0.5) is 5.69 Å². The van der Waals surface area contributed by atoms with Gasteiger partial charge in [0.2, 0.25) is 0 Å². The van der Waals surface area contributed by atoms with Gasteiger partial charge in [-0.05, 0) is 12.1 Å². The van der Waals surface area contributed by atoms with Gasteiger partial charge in [-0.2, -0.15) is 0 Å². The lowest BCUT2D eigenvalue weighted by molar-refractivity contribution is -0.384. The van der Waals surface area contributed by atoms with Crippen LogP contribution in [0.3, 0.4) is 0 Å². The minimum absolute atomic E-state index is 0.0596. The molecule has 0 aliphatic heterocycles. The van der Waals surface area contributed by atoms with Gasteiger partial charge in [0.05, 0.1) is 12.0 Å². The Kier molecular flexibility index (Phi) is 6.05. The maximum atomic E-state index is 10.1. The number of rotatable bonds is 1. The molecule has 1 rings (SSSR count). The maximum absolute atomic E-state index is 10.1. The number of methoxy groups -OCH3 is 1. The van der Waals surface area contributed by atoms with Crippen molar-refractivity contribution in [3.05, 3.63) is 39.4 Å². The number of hydrogen-bond acceptors (Lipinski definition) is 4. The van der Waals surface area contributed by atoms with Gasteiger partial charge in [0, 0.05) is 24.1 Å². The first-order valence-electron chi connectivity index (χ1n) is 3.92. The van der Waals surface area contributed by atoms with Crippen LogP contribution in [0, 0.1) is 10.1 Å². The van der Waals surface area contributed by atoms with Crippen LogP contribution in [-0.2, 0) is 9.53 Å². The molecular weight excluding hydrogens is 222 g/mol. The molecule has 5 nitrogen and oxygen atoms in total. The molecule has 0 atom stereocenters. The fourth-order valence-electron chi connectivity index (χ4n) is 0.563. The van der Waals surface area contributed by atoms with E-state index in [1.165, 1.54) is 38.3 Å². The van der Waals surface area contributed by atoms with Crippen molar-refractivity contribution in [3.8, 4) is 0 Å². The summed E-state index contributed by atoms with van der Waals surface area (Å²) in [5, 5.41) is 10.6. The molecule has 0 aliphatic carbocycles. The lowest BCUT2D eigenvalue weighted by Crippen LogP contribution is -1.88. The van der Waals surface area contributed by atoms with Gasteiger partial charge in [-0.3, -0.25) is 14.9 Å². The van der Waals surface area contributed by atoms with Crippen molar-refractivity contribution in [2.24, 2.45) is 0 Å². The maximum Gasteiger partial charge on any atom is 0.302 e. The van der Waals surface area contributed by atoms with Crippen molar-refractivity contribution < 1.29 is 14.5 Å². The second-order valence-corrected chi connectivity index (χ2v) is 2.87. The standard InChI is InChI=1S/C6H4ClNO2.C3H6O2/c7-5-1-3-6(4-2-5)8(9)10;1-3(4)5-2/h1-4H;1-2H3. The lowest BCUT2D eigenvalue weighted by Gasteiger charge is -1.88. The van der Waals surface area contributed by atoms with Crippen molar-refractivity contribution in [3.63, 3.8) is 0 Å². The number of esters is 1. The first-order valence-corrected chi connectivity index (χ1v) is 4.29.